The van der Waals surface area contributed by atoms with Crippen molar-refractivity contribution in [2.45, 2.75) is 84.3 Å². The van der Waals surface area contributed by atoms with Crippen LogP contribution < -0.4 is 5.32 Å². The van der Waals surface area contributed by atoms with E-state index in [2.05, 4.69) is 26.1 Å². The van der Waals surface area contributed by atoms with Crippen LogP contribution in [0, 0.1) is 11.8 Å². The normalized spacial score (nSPS) is 34.2. The van der Waals surface area contributed by atoms with Crippen LogP contribution in [0.25, 0.3) is 0 Å². The summed E-state index contributed by atoms with van der Waals surface area (Å²) in [5.41, 5.74) is 0. The highest BCUT2D eigenvalue weighted by molar-refractivity contribution is 5.97. The van der Waals surface area contributed by atoms with Gasteiger partial charge in [-0.05, 0) is 50.4 Å². The largest absolute Gasteiger partial charge is 0.342 e. The average molecular weight is 294 g/mol. The van der Waals surface area contributed by atoms with Crippen LogP contribution in [0.1, 0.15) is 66.2 Å². The predicted molar refractivity (Wildman–Crippen MR) is 83.7 cm³/mol. The molecule has 1 heterocycles. The van der Waals surface area contributed by atoms with Crippen LogP contribution in [-0.2, 0) is 9.59 Å². The fourth-order valence-electron chi connectivity index (χ4n) is 3.76. The zero-order chi connectivity index (χ0) is 15.6. The Balaban J connectivity index is 2.16. The summed E-state index contributed by atoms with van der Waals surface area (Å²) in [6.45, 7) is 8.47. The van der Waals surface area contributed by atoms with Crippen molar-refractivity contribution in [2.24, 2.45) is 11.8 Å². The van der Waals surface area contributed by atoms with Crippen LogP contribution in [0.3, 0.4) is 0 Å². The van der Waals surface area contributed by atoms with Crippen LogP contribution in [0.2, 0.25) is 0 Å². The Morgan fingerprint density at radius 3 is 2.33 bits per heavy atom. The summed E-state index contributed by atoms with van der Waals surface area (Å²) >= 11 is 0. The molecule has 4 nitrogen and oxygen atoms in total. The molecule has 1 aliphatic heterocycles. The van der Waals surface area contributed by atoms with Crippen LogP contribution in [0.4, 0.5) is 0 Å². The number of piperazine rings is 1. The highest BCUT2D eigenvalue weighted by Crippen LogP contribution is 2.31. The lowest BCUT2D eigenvalue weighted by Crippen LogP contribution is -2.66. The first-order valence-corrected chi connectivity index (χ1v) is 8.56. The molecule has 2 aliphatic rings. The molecule has 0 spiro atoms. The third-order valence-corrected chi connectivity index (χ3v) is 4.98. The first-order chi connectivity index (χ1) is 9.93. The van der Waals surface area contributed by atoms with E-state index in [1.807, 2.05) is 11.8 Å². The third kappa shape index (κ3) is 3.58. The maximum atomic E-state index is 12.9. The van der Waals surface area contributed by atoms with Crippen molar-refractivity contribution in [3.8, 4) is 0 Å². The smallest absolute Gasteiger partial charge is 0.246 e. The number of carbonyl (C=O) groups excluding carboxylic acids is 2. The first kappa shape index (κ1) is 16.3. The average Bonchev–Trinajstić information content (AvgIpc) is 2.43. The zero-order valence-corrected chi connectivity index (χ0v) is 13.9. The number of hydrogen-bond donors (Lipinski definition) is 1. The fourth-order valence-corrected chi connectivity index (χ4v) is 3.76. The maximum Gasteiger partial charge on any atom is 0.246 e. The summed E-state index contributed by atoms with van der Waals surface area (Å²) in [6.07, 6.45) is 5.87. The topological polar surface area (TPSA) is 49.4 Å². The van der Waals surface area contributed by atoms with E-state index in [0.29, 0.717) is 12.3 Å². The van der Waals surface area contributed by atoms with Gasteiger partial charge >= 0.3 is 0 Å². The highest BCUT2D eigenvalue weighted by atomic mass is 16.2. The molecule has 0 aromatic heterocycles. The molecule has 21 heavy (non-hydrogen) atoms. The van der Waals surface area contributed by atoms with Gasteiger partial charge in [0.25, 0.3) is 0 Å². The van der Waals surface area contributed by atoms with Gasteiger partial charge in [-0.3, -0.25) is 9.59 Å². The van der Waals surface area contributed by atoms with E-state index < -0.39 is 0 Å². The zero-order valence-electron chi connectivity index (χ0n) is 13.9. The highest BCUT2D eigenvalue weighted by Gasteiger charge is 2.43. The predicted octanol–water partition coefficient (Wildman–Crippen LogP) is 2.72. The fraction of sp³-hybridized carbons (Fsp3) is 0.882. The monoisotopic (exact) mass is 294 g/mol. The van der Waals surface area contributed by atoms with Gasteiger partial charge in [0.2, 0.25) is 11.8 Å². The number of amides is 2. The molecule has 1 saturated heterocycles. The van der Waals surface area contributed by atoms with E-state index in [4.69, 9.17) is 0 Å². The number of carbonyl (C=O) groups is 2. The van der Waals surface area contributed by atoms with Crippen LogP contribution in [0.5, 0.6) is 0 Å². The van der Waals surface area contributed by atoms with Crippen LogP contribution >= 0.6 is 0 Å². The van der Waals surface area contributed by atoms with Gasteiger partial charge in [-0.1, -0.05) is 27.7 Å². The lowest BCUT2D eigenvalue weighted by atomic mass is 9.84. The van der Waals surface area contributed by atoms with E-state index in [1.165, 1.54) is 12.8 Å². The van der Waals surface area contributed by atoms with Crippen LogP contribution in [-0.4, -0.2) is 34.8 Å². The molecule has 2 rings (SSSR count). The molecule has 2 amide bonds. The molecule has 120 valence electrons. The molecular formula is C17H30N2O2. The van der Waals surface area contributed by atoms with Crippen molar-refractivity contribution < 1.29 is 9.59 Å². The van der Waals surface area contributed by atoms with Gasteiger partial charge in [-0.2, -0.15) is 0 Å². The van der Waals surface area contributed by atoms with Gasteiger partial charge in [-0.25, -0.2) is 0 Å². The van der Waals surface area contributed by atoms with Crippen molar-refractivity contribution in [3.05, 3.63) is 0 Å². The number of nitrogens with one attached hydrogen (secondary N) is 1. The van der Waals surface area contributed by atoms with Gasteiger partial charge in [0.05, 0.1) is 0 Å². The Kier molecular flexibility index (Phi) is 5.28. The first-order valence-electron chi connectivity index (χ1n) is 8.56. The Bertz CT molecular complexity index is 386. The van der Waals surface area contributed by atoms with Gasteiger partial charge < -0.3 is 10.2 Å². The van der Waals surface area contributed by atoms with Crippen molar-refractivity contribution >= 4 is 11.8 Å². The summed E-state index contributed by atoms with van der Waals surface area (Å²) in [4.78, 5) is 27.2. The van der Waals surface area contributed by atoms with E-state index in [9.17, 15) is 9.59 Å². The molecule has 0 aromatic rings. The minimum absolute atomic E-state index is 0.0429. The number of hydrogen-bond acceptors (Lipinski definition) is 2. The van der Waals surface area contributed by atoms with Crippen LogP contribution in [0.15, 0.2) is 0 Å². The molecule has 1 N–H and O–H groups in total. The van der Waals surface area contributed by atoms with E-state index in [-0.39, 0.29) is 29.9 Å². The van der Waals surface area contributed by atoms with Gasteiger partial charge in [0.15, 0.2) is 0 Å². The summed E-state index contributed by atoms with van der Waals surface area (Å²) in [7, 11) is 0. The Labute approximate surface area is 128 Å². The quantitative estimate of drug-likeness (QED) is 0.866. The standard InChI is InChI=1S/C17H30N2O2/c1-5-15-16(20)18-14(10-11(2)3)17(21)19(15)13-8-6-12(4)7-9-13/h11-15H,5-10H2,1-4H3,(H,18,20). The second-order valence-corrected chi connectivity index (χ2v) is 7.27. The minimum Gasteiger partial charge on any atom is -0.342 e. The molecule has 1 aliphatic carbocycles. The van der Waals surface area contributed by atoms with Crippen molar-refractivity contribution in [1.29, 1.82) is 0 Å². The van der Waals surface area contributed by atoms with E-state index in [0.717, 1.165) is 25.2 Å². The van der Waals surface area contributed by atoms with E-state index >= 15 is 0 Å². The van der Waals surface area contributed by atoms with Gasteiger partial charge in [0, 0.05) is 6.04 Å². The molecule has 0 radical (unpaired) electrons. The molecular weight excluding hydrogens is 264 g/mol. The molecule has 2 unspecified atom stereocenters. The minimum atomic E-state index is -0.320. The summed E-state index contributed by atoms with van der Waals surface area (Å²) < 4.78 is 0. The van der Waals surface area contributed by atoms with Gasteiger partial charge in [-0.15, -0.1) is 0 Å². The van der Waals surface area contributed by atoms with Crippen molar-refractivity contribution in [3.63, 3.8) is 0 Å². The Morgan fingerprint density at radius 1 is 1.19 bits per heavy atom. The molecule has 2 fully saturated rings. The summed E-state index contributed by atoms with van der Waals surface area (Å²) in [5.74, 6) is 1.35. The van der Waals surface area contributed by atoms with E-state index in [1.54, 1.807) is 0 Å². The Hall–Kier alpha value is -1.06. The SMILES string of the molecule is CCC1C(=O)NC(CC(C)C)C(=O)N1C1CCC(C)CC1. The summed E-state index contributed by atoms with van der Waals surface area (Å²) in [5, 5.41) is 2.95. The van der Waals surface area contributed by atoms with Crippen molar-refractivity contribution in [1.82, 2.24) is 10.2 Å². The molecule has 4 heteroatoms. The Morgan fingerprint density at radius 2 is 1.81 bits per heavy atom. The second-order valence-electron chi connectivity index (χ2n) is 7.27. The summed E-state index contributed by atoms with van der Waals surface area (Å²) in [6, 6.07) is -0.321. The third-order valence-electron chi connectivity index (χ3n) is 4.98. The molecule has 0 aromatic carbocycles. The molecule has 2 atom stereocenters. The lowest BCUT2D eigenvalue weighted by molar-refractivity contribution is -0.153. The van der Waals surface area contributed by atoms with Gasteiger partial charge in [0.1, 0.15) is 12.1 Å². The molecule has 0 bridgehead atoms. The van der Waals surface area contributed by atoms with Crippen molar-refractivity contribution in [2.75, 3.05) is 0 Å². The number of nitrogens with zero attached hydrogens (tertiary/aromatic N) is 1. The maximum absolute atomic E-state index is 12.9. The molecule has 1 saturated carbocycles. The second kappa shape index (κ2) is 6.80. The number of rotatable bonds is 4. The lowest BCUT2D eigenvalue weighted by Gasteiger charge is -2.45.